The Kier molecular flexibility index (Phi) is 3.66. The first-order chi connectivity index (χ1) is 8.02. The van der Waals surface area contributed by atoms with E-state index in [1.54, 1.807) is 0 Å². The minimum absolute atomic E-state index is 0.202. The number of halogens is 1. The van der Waals surface area contributed by atoms with Crippen LogP contribution in [0, 0.1) is 3.70 Å². The van der Waals surface area contributed by atoms with Crippen molar-refractivity contribution in [2.75, 3.05) is 6.61 Å². The lowest BCUT2D eigenvalue weighted by Crippen LogP contribution is -2.34. The second-order valence-electron chi connectivity index (χ2n) is 3.75. The first-order valence-electron chi connectivity index (χ1n) is 4.98. The third-order valence-electron chi connectivity index (χ3n) is 2.60. The van der Waals surface area contributed by atoms with E-state index < -0.39 is 29.7 Å². The molecule has 7 nitrogen and oxygen atoms in total. The molecule has 8 heteroatoms. The molecule has 1 aliphatic heterocycles. The first kappa shape index (κ1) is 12.7. The zero-order valence-electron chi connectivity index (χ0n) is 8.67. The van der Waals surface area contributed by atoms with Crippen molar-refractivity contribution >= 4 is 22.6 Å². The summed E-state index contributed by atoms with van der Waals surface area (Å²) in [5, 5.41) is 18.5. The molecule has 2 heterocycles. The van der Waals surface area contributed by atoms with E-state index in [0.29, 0.717) is 3.70 Å². The largest absolute Gasteiger partial charge is 0.394 e. The molecule has 1 aromatic heterocycles. The summed E-state index contributed by atoms with van der Waals surface area (Å²) in [6.45, 7) is -0.313. The maximum atomic E-state index is 11.6. The minimum atomic E-state index is -0.820. The van der Waals surface area contributed by atoms with Gasteiger partial charge in [0.05, 0.1) is 16.4 Å². The lowest BCUT2D eigenvalue weighted by Gasteiger charge is -2.15. The average Bonchev–Trinajstić information content (AvgIpc) is 2.57. The Morgan fingerprint density at radius 2 is 2.29 bits per heavy atom. The van der Waals surface area contributed by atoms with Gasteiger partial charge in [-0.15, -0.1) is 0 Å². The Morgan fingerprint density at radius 1 is 1.59 bits per heavy atom. The Hall–Kier alpha value is -0.710. The monoisotopic (exact) mass is 354 g/mol. The highest BCUT2D eigenvalue weighted by Gasteiger charge is 2.35. The SMILES string of the molecule is O=c1cc(I)n([C@H]2C[C@H](O)[C@@H](CO)O2)c(=O)[nH]1. The maximum Gasteiger partial charge on any atom is 0.331 e. The molecule has 1 fully saturated rings. The van der Waals surface area contributed by atoms with Gasteiger partial charge in [-0.1, -0.05) is 0 Å². The minimum Gasteiger partial charge on any atom is -0.394 e. The summed E-state index contributed by atoms with van der Waals surface area (Å²) in [6, 6.07) is 1.27. The smallest absolute Gasteiger partial charge is 0.331 e. The lowest BCUT2D eigenvalue weighted by molar-refractivity contribution is -0.0467. The molecule has 2 rings (SSSR count). The molecule has 0 spiro atoms. The quantitative estimate of drug-likeness (QED) is 0.456. The summed E-state index contributed by atoms with van der Waals surface area (Å²) in [6.07, 6.45) is -1.99. The van der Waals surface area contributed by atoms with E-state index in [-0.39, 0.29) is 13.0 Å². The van der Waals surface area contributed by atoms with E-state index in [0.717, 1.165) is 0 Å². The van der Waals surface area contributed by atoms with Gasteiger partial charge in [-0.3, -0.25) is 14.3 Å². The number of nitrogens with one attached hydrogen (secondary N) is 1. The van der Waals surface area contributed by atoms with Crippen molar-refractivity contribution < 1.29 is 14.9 Å². The fourth-order valence-corrected chi connectivity index (χ4v) is 2.59. The lowest BCUT2D eigenvalue weighted by atomic mass is 10.2. The van der Waals surface area contributed by atoms with Crippen molar-refractivity contribution in [3.8, 4) is 0 Å². The number of aliphatic hydroxyl groups is 2. The van der Waals surface area contributed by atoms with Gasteiger partial charge in [0.2, 0.25) is 0 Å². The number of H-pyrrole nitrogens is 1. The molecule has 94 valence electrons. The second-order valence-corrected chi connectivity index (χ2v) is 4.85. The molecule has 1 aromatic rings. The summed E-state index contributed by atoms with van der Waals surface area (Å²) >= 11 is 1.85. The summed E-state index contributed by atoms with van der Waals surface area (Å²) in [5.41, 5.74) is -1.06. The molecule has 17 heavy (non-hydrogen) atoms. The van der Waals surface area contributed by atoms with Gasteiger partial charge in [0.1, 0.15) is 12.3 Å². The number of ether oxygens (including phenoxy) is 1. The topological polar surface area (TPSA) is 105 Å². The van der Waals surface area contributed by atoms with Crippen LogP contribution in [0.2, 0.25) is 0 Å². The Balaban J connectivity index is 2.37. The highest BCUT2D eigenvalue weighted by atomic mass is 127. The number of hydrogen-bond donors (Lipinski definition) is 3. The van der Waals surface area contributed by atoms with Crippen LogP contribution < -0.4 is 11.2 Å². The highest BCUT2D eigenvalue weighted by molar-refractivity contribution is 14.1. The van der Waals surface area contributed by atoms with Gasteiger partial charge in [-0.05, 0) is 22.6 Å². The van der Waals surface area contributed by atoms with E-state index in [4.69, 9.17) is 9.84 Å². The fourth-order valence-electron chi connectivity index (χ4n) is 1.78. The number of aliphatic hydroxyl groups excluding tert-OH is 2. The van der Waals surface area contributed by atoms with Gasteiger partial charge in [0.15, 0.2) is 0 Å². The van der Waals surface area contributed by atoms with Gasteiger partial charge in [0, 0.05) is 12.5 Å². The van der Waals surface area contributed by atoms with Crippen LogP contribution >= 0.6 is 22.6 Å². The molecule has 0 aliphatic carbocycles. The summed E-state index contributed by atoms with van der Waals surface area (Å²) in [7, 11) is 0. The van der Waals surface area contributed by atoms with Crippen molar-refractivity contribution in [1.29, 1.82) is 0 Å². The molecule has 0 saturated carbocycles. The third kappa shape index (κ3) is 2.44. The number of aromatic nitrogens is 2. The van der Waals surface area contributed by atoms with Gasteiger partial charge in [0.25, 0.3) is 5.56 Å². The van der Waals surface area contributed by atoms with E-state index in [9.17, 15) is 14.7 Å². The van der Waals surface area contributed by atoms with Crippen molar-refractivity contribution in [3.05, 3.63) is 30.6 Å². The third-order valence-corrected chi connectivity index (χ3v) is 3.43. The maximum absolute atomic E-state index is 11.6. The van der Waals surface area contributed by atoms with Gasteiger partial charge in [-0.25, -0.2) is 4.79 Å². The molecular formula is C9H11IN2O5. The average molecular weight is 354 g/mol. The van der Waals surface area contributed by atoms with Gasteiger partial charge < -0.3 is 14.9 Å². The standard InChI is InChI=1S/C9H11IN2O5/c10-6-2-7(15)11-9(16)12(6)8-1-4(14)5(3-13)17-8/h2,4-5,8,13-14H,1,3H2,(H,11,15,16)/t4-,5+,8+/m0/s1. The number of nitrogens with zero attached hydrogens (tertiary/aromatic N) is 1. The molecule has 0 unspecified atom stereocenters. The summed E-state index contributed by atoms with van der Waals surface area (Å²) in [5.74, 6) is 0. The number of hydrogen-bond acceptors (Lipinski definition) is 5. The van der Waals surface area contributed by atoms with Crippen molar-refractivity contribution in [1.82, 2.24) is 9.55 Å². The molecule has 0 radical (unpaired) electrons. The van der Waals surface area contributed by atoms with Crippen LogP contribution in [-0.4, -0.2) is 38.6 Å². The normalized spacial score (nSPS) is 28.5. The van der Waals surface area contributed by atoms with E-state index >= 15 is 0 Å². The summed E-state index contributed by atoms with van der Waals surface area (Å²) in [4.78, 5) is 24.8. The van der Waals surface area contributed by atoms with Gasteiger partial charge >= 0.3 is 5.69 Å². The predicted molar refractivity (Wildman–Crippen MR) is 65.7 cm³/mol. The zero-order valence-corrected chi connectivity index (χ0v) is 10.8. The van der Waals surface area contributed by atoms with Crippen LogP contribution in [0.1, 0.15) is 12.6 Å². The molecular weight excluding hydrogens is 343 g/mol. The van der Waals surface area contributed by atoms with Crippen LogP contribution in [0.25, 0.3) is 0 Å². The Labute approximate surface area is 109 Å². The summed E-state index contributed by atoms with van der Waals surface area (Å²) < 4.78 is 7.02. The van der Waals surface area contributed by atoms with E-state index in [1.165, 1.54) is 10.6 Å². The van der Waals surface area contributed by atoms with E-state index in [2.05, 4.69) is 4.98 Å². The zero-order chi connectivity index (χ0) is 12.6. The van der Waals surface area contributed by atoms with Crippen molar-refractivity contribution in [2.24, 2.45) is 0 Å². The van der Waals surface area contributed by atoms with Crippen LogP contribution in [0.15, 0.2) is 15.7 Å². The van der Waals surface area contributed by atoms with Crippen LogP contribution in [-0.2, 0) is 4.74 Å². The van der Waals surface area contributed by atoms with Crippen molar-refractivity contribution in [3.63, 3.8) is 0 Å². The number of aromatic amines is 1. The molecule has 1 aliphatic rings. The molecule has 1 saturated heterocycles. The Bertz CT molecular complexity index is 525. The van der Waals surface area contributed by atoms with Gasteiger partial charge in [-0.2, -0.15) is 0 Å². The molecule has 0 aromatic carbocycles. The second kappa shape index (κ2) is 4.88. The van der Waals surface area contributed by atoms with Crippen LogP contribution in [0.3, 0.4) is 0 Å². The number of rotatable bonds is 2. The van der Waals surface area contributed by atoms with Crippen LogP contribution in [0.5, 0.6) is 0 Å². The van der Waals surface area contributed by atoms with Crippen LogP contribution in [0.4, 0.5) is 0 Å². The molecule has 0 amide bonds. The first-order valence-corrected chi connectivity index (χ1v) is 6.06. The van der Waals surface area contributed by atoms with Crippen molar-refractivity contribution in [2.45, 2.75) is 24.9 Å². The molecule has 3 N–H and O–H groups in total. The highest BCUT2D eigenvalue weighted by Crippen LogP contribution is 2.28. The fraction of sp³-hybridized carbons (Fsp3) is 0.556. The predicted octanol–water partition coefficient (Wildman–Crippen LogP) is -1.22. The molecule has 3 atom stereocenters. The van der Waals surface area contributed by atoms with E-state index in [1.807, 2.05) is 22.6 Å². The Morgan fingerprint density at radius 3 is 2.82 bits per heavy atom. The molecule has 0 bridgehead atoms.